The Morgan fingerprint density at radius 3 is 2.82 bits per heavy atom. The van der Waals surface area contributed by atoms with Crippen LogP contribution in [0, 0.1) is 0 Å². The van der Waals surface area contributed by atoms with Crippen LogP contribution in [0.15, 0.2) is 23.0 Å². The van der Waals surface area contributed by atoms with Gasteiger partial charge in [0, 0.05) is 17.1 Å². The molecule has 1 unspecified atom stereocenters. The van der Waals surface area contributed by atoms with Gasteiger partial charge in [-0.2, -0.15) is 11.8 Å². The van der Waals surface area contributed by atoms with Gasteiger partial charge in [-0.3, -0.25) is 4.79 Å². The first-order valence-corrected chi connectivity index (χ1v) is 6.46. The van der Waals surface area contributed by atoms with E-state index in [0.717, 1.165) is 5.75 Å². The maximum atomic E-state index is 11.9. The monoisotopic (exact) mass is 254 g/mol. The Morgan fingerprint density at radius 2 is 2.24 bits per heavy atom. The van der Waals surface area contributed by atoms with Gasteiger partial charge in [0.25, 0.3) is 0 Å². The summed E-state index contributed by atoms with van der Waals surface area (Å²) in [4.78, 5) is 23.6. The number of allylic oxidation sites excluding steroid dienone is 1. The molecule has 0 aromatic heterocycles. The molecule has 0 saturated heterocycles. The van der Waals surface area contributed by atoms with Crippen molar-refractivity contribution in [3.05, 3.63) is 23.0 Å². The highest BCUT2D eigenvalue weighted by Gasteiger charge is 2.53. The first-order valence-electron chi connectivity index (χ1n) is 5.31. The summed E-state index contributed by atoms with van der Waals surface area (Å²) < 4.78 is 10.5. The van der Waals surface area contributed by atoms with Gasteiger partial charge < -0.3 is 9.47 Å². The molecule has 2 rings (SSSR count). The van der Waals surface area contributed by atoms with Gasteiger partial charge in [-0.25, -0.2) is 4.79 Å². The van der Waals surface area contributed by atoms with Crippen LogP contribution in [-0.4, -0.2) is 36.0 Å². The van der Waals surface area contributed by atoms with Crippen LogP contribution in [0.4, 0.5) is 0 Å². The van der Waals surface area contributed by atoms with Gasteiger partial charge in [-0.05, 0) is 13.8 Å². The summed E-state index contributed by atoms with van der Waals surface area (Å²) in [6.07, 6.45) is 1.89. The number of hydrogen-bond donors (Lipinski definition) is 0. The van der Waals surface area contributed by atoms with Crippen molar-refractivity contribution in [1.29, 1.82) is 0 Å². The minimum absolute atomic E-state index is 0.0774. The summed E-state index contributed by atoms with van der Waals surface area (Å²) in [5.74, 6) is 1.26. The van der Waals surface area contributed by atoms with Crippen LogP contribution in [0.25, 0.3) is 0 Å². The number of ketones is 1. The number of esters is 1. The fraction of sp³-hybridized carbons (Fsp3) is 0.500. The molecule has 0 saturated carbocycles. The zero-order chi connectivity index (χ0) is 12.6. The maximum absolute atomic E-state index is 11.9. The van der Waals surface area contributed by atoms with Crippen LogP contribution in [0.1, 0.15) is 13.8 Å². The third kappa shape index (κ3) is 1.69. The second-order valence-corrected chi connectivity index (χ2v) is 5.07. The first kappa shape index (κ1) is 12.2. The molecule has 92 valence electrons. The summed E-state index contributed by atoms with van der Waals surface area (Å²) in [6.45, 7) is 3.20. The number of fused-ring (bicyclic) bond motifs is 1. The Kier molecular flexibility index (Phi) is 3.03. The van der Waals surface area contributed by atoms with Gasteiger partial charge in [-0.15, -0.1) is 0 Å². The van der Waals surface area contributed by atoms with Crippen LogP contribution >= 0.6 is 11.8 Å². The molecule has 0 aromatic carbocycles. The molecular formula is C12H14O4S. The summed E-state index contributed by atoms with van der Waals surface area (Å²) >= 11 is 1.59. The summed E-state index contributed by atoms with van der Waals surface area (Å²) in [5.41, 5.74) is 0.0896. The zero-order valence-electron chi connectivity index (χ0n) is 10.0. The first-order chi connectivity index (χ1) is 8.03. The van der Waals surface area contributed by atoms with Gasteiger partial charge in [0.1, 0.15) is 5.76 Å². The average Bonchev–Trinajstić information content (AvgIpc) is 2.60. The van der Waals surface area contributed by atoms with Crippen molar-refractivity contribution >= 4 is 23.5 Å². The van der Waals surface area contributed by atoms with E-state index in [0.29, 0.717) is 22.7 Å². The molecule has 4 nitrogen and oxygen atoms in total. The van der Waals surface area contributed by atoms with Gasteiger partial charge in [0.15, 0.2) is 5.78 Å². The fourth-order valence-corrected chi connectivity index (χ4v) is 3.31. The van der Waals surface area contributed by atoms with Crippen LogP contribution in [0.2, 0.25) is 0 Å². The van der Waals surface area contributed by atoms with Crippen molar-refractivity contribution in [3.63, 3.8) is 0 Å². The number of hydrogen-bond acceptors (Lipinski definition) is 5. The second-order valence-electron chi connectivity index (χ2n) is 4.04. The summed E-state index contributed by atoms with van der Waals surface area (Å²) in [7, 11) is 1.33. The predicted molar refractivity (Wildman–Crippen MR) is 64.6 cm³/mol. The predicted octanol–water partition coefficient (Wildman–Crippen LogP) is 1.46. The lowest BCUT2D eigenvalue weighted by Gasteiger charge is -2.30. The van der Waals surface area contributed by atoms with E-state index in [1.54, 1.807) is 18.7 Å². The third-order valence-corrected chi connectivity index (χ3v) is 3.97. The van der Waals surface area contributed by atoms with Crippen LogP contribution in [-0.2, 0) is 19.1 Å². The molecule has 2 aliphatic heterocycles. The molecule has 0 spiro atoms. The van der Waals surface area contributed by atoms with Gasteiger partial charge in [0.2, 0.25) is 5.60 Å². The highest BCUT2D eigenvalue weighted by atomic mass is 32.2. The molecule has 2 heterocycles. The lowest BCUT2D eigenvalue weighted by atomic mass is 9.89. The number of methoxy groups -OCH3 is 1. The number of carbonyl (C=O) groups excluding carboxylic acids is 2. The van der Waals surface area contributed by atoms with Crippen molar-refractivity contribution < 1.29 is 19.1 Å². The number of carbonyl (C=O) groups is 2. The molecule has 0 aromatic rings. The Hall–Kier alpha value is -1.23. The van der Waals surface area contributed by atoms with E-state index >= 15 is 0 Å². The molecule has 0 bridgehead atoms. The van der Waals surface area contributed by atoms with Crippen molar-refractivity contribution in [2.75, 3.05) is 18.6 Å². The number of Topliss-reactive ketones (excluding diaryl/α,β-unsaturated/α-hetero) is 1. The van der Waals surface area contributed by atoms with Crippen molar-refractivity contribution in [3.8, 4) is 0 Å². The number of rotatable bonds is 2. The van der Waals surface area contributed by atoms with Gasteiger partial charge >= 0.3 is 5.97 Å². The molecule has 2 aliphatic rings. The van der Waals surface area contributed by atoms with Gasteiger partial charge in [0.05, 0.1) is 12.7 Å². The Morgan fingerprint density at radius 1 is 1.53 bits per heavy atom. The lowest BCUT2D eigenvalue weighted by molar-refractivity contribution is -0.156. The van der Waals surface area contributed by atoms with E-state index in [-0.39, 0.29) is 5.78 Å². The normalized spacial score (nSPS) is 27.1. The minimum atomic E-state index is -1.11. The van der Waals surface area contributed by atoms with E-state index in [1.807, 2.05) is 6.08 Å². The highest BCUT2D eigenvalue weighted by Crippen LogP contribution is 2.44. The zero-order valence-corrected chi connectivity index (χ0v) is 10.8. The fourth-order valence-electron chi connectivity index (χ4n) is 2.29. The van der Waals surface area contributed by atoms with E-state index < -0.39 is 11.6 Å². The van der Waals surface area contributed by atoms with Crippen LogP contribution < -0.4 is 0 Å². The molecule has 1 atom stereocenters. The molecule has 0 radical (unpaired) electrons. The third-order valence-electron chi connectivity index (χ3n) is 2.96. The molecule has 0 aliphatic carbocycles. The Bertz CT molecular complexity index is 449. The van der Waals surface area contributed by atoms with E-state index in [2.05, 4.69) is 0 Å². The lowest BCUT2D eigenvalue weighted by Crippen LogP contribution is -2.45. The van der Waals surface area contributed by atoms with Crippen molar-refractivity contribution in [1.82, 2.24) is 0 Å². The van der Waals surface area contributed by atoms with E-state index in [1.165, 1.54) is 14.0 Å². The molecule has 0 amide bonds. The summed E-state index contributed by atoms with van der Waals surface area (Å²) in [5, 5.41) is 0. The minimum Gasteiger partial charge on any atom is -0.474 e. The van der Waals surface area contributed by atoms with Crippen LogP contribution in [0.3, 0.4) is 0 Å². The molecule has 5 heteroatoms. The molecule has 0 N–H and O–H groups in total. The van der Waals surface area contributed by atoms with Crippen molar-refractivity contribution in [2.45, 2.75) is 19.4 Å². The highest BCUT2D eigenvalue weighted by molar-refractivity contribution is 7.99. The average molecular weight is 254 g/mol. The van der Waals surface area contributed by atoms with E-state index in [9.17, 15) is 9.59 Å². The maximum Gasteiger partial charge on any atom is 0.355 e. The second kappa shape index (κ2) is 4.22. The standard InChI is InChI=1S/C12H14O4S/c1-7(13)10-8(2)16-12(11(14)15-3)6-17-5-4-9(10)12/h4H,5-6H2,1-3H3. The molecular weight excluding hydrogens is 240 g/mol. The van der Waals surface area contributed by atoms with Crippen molar-refractivity contribution in [2.24, 2.45) is 0 Å². The quantitative estimate of drug-likeness (QED) is 0.698. The SMILES string of the molecule is COC(=O)C12CSCC=C1C(C(C)=O)=C(C)O2. The molecule has 17 heavy (non-hydrogen) atoms. The number of ether oxygens (including phenoxy) is 2. The smallest absolute Gasteiger partial charge is 0.355 e. The largest absolute Gasteiger partial charge is 0.474 e. The Labute approximate surface area is 104 Å². The summed E-state index contributed by atoms with van der Waals surface area (Å²) in [6, 6.07) is 0. The van der Waals surface area contributed by atoms with Gasteiger partial charge in [-0.1, -0.05) is 6.08 Å². The molecule has 0 fully saturated rings. The topological polar surface area (TPSA) is 52.6 Å². The van der Waals surface area contributed by atoms with E-state index in [4.69, 9.17) is 9.47 Å². The van der Waals surface area contributed by atoms with Crippen LogP contribution in [0.5, 0.6) is 0 Å². The number of thioether (sulfide) groups is 1. The Balaban J connectivity index is 2.51.